The summed E-state index contributed by atoms with van der Waals surface area (Å²) in [6, 6.07) is 4.35. The first-order valence-corrected chi connectivity index (χ1v) is 7.17. The monoisotopic (exact) mass is 291 g/mol. The van der Waals surface area contributed by atoms with Crippen LogP contribution in [0.25, 0.3) is 0 Å². The summed E-state index contributed by atoms with van der Waals surface area (Å²) < 4.78 is 15.2. The number of ketones is 1. The quantitative estimate of drug-likeness (QED) is 0.759. The summed E-state index contributed by atoms with van der Waals surface area (Å²) in [5.74, 6) is -0.0872. The maximum absolute atomic E-state index is 13.3. The number of benzene rings is 1. The minimum Gasteiger partial charge on any atom is -0.349 e. The highest BCUT2D eigenvalue weighted by atomic mass is 35.5. The second-order valence-corrected chi connectivity index (χ2v) is 5.64. The Morgan fingerprint density at radius 1 is 1.20 bits per heavy atom. The second-order valence-electron chi connectivity index (χ2n) is 5.24. The number of hydrogen-bond donors (Lipinski definition) is 0. The number of aromatic nitrogens is 1. The predicted molar refractivity (Wildman–Crippen MR) is 76.8 cm³/mol. The molecule has 1 aromatic carbocycles. The van der Waals surface area contributed by atoms with Gasteiger partial charge in [0, 0.05) is 35.9 Å². The van der Waals surface area contributed by atoms with Crippen molar-refractivity contribution in [2.45, 2.75) is 32.2 Å². The van der Waals surface area contributed by atoms with Crippen LogP contribution in [-0.2, 0) is 13.0 Å². The number of Topliss-reactive ketones (excluding diaryl/α,β-unsaturated/α-hetero) is 1. The second kappa shape index (κ2) is 5.41. The fourth-order valence-corrected chi connectivity index (χ4v) is 2.87. The van der Waals surface area contributed by atoms with Gasteiger partial charge in [-0.25, -0.2) is 4.39 Å². The molecule has 4 heteroatoms. The molecular weight excluding hydrogens is 277 g/mol. The normalized spacial score (nSPS) is 15.0. The fraction of sp³-hybridized carbons (Fsp3) is 0.312. The lowest BCUT2D eigenvalue weighted by Gasteiger charge is -2.06. The number of carbonyl (C=O) groups is 1. The van der Waals surface area contributed by atoms with Gasteiger partial charge in [0.05, 0.1) is 0 Å². The molecule has 0 saturated heterocycles. The Labute approximate surface area is 122 Å². The van der Waals surface area contributed by atoms with Crippen molar-refractivity contribution in [1.82, 2.24) is 4.57 Å². The van der Waals surface area contributed by atoms with Crippen LogP contribution in [-0.4, -0.2) is 10.4 Å². The summed E-state index contributed by atoms with van der Waals surface area (Å²) in [7, 11) is 0. The van der Waals surface area contributed by atoms with Crippen molar-refractivity contribution in [3.8, 4) is 0 Å². The van der Waals surface area contributed by atoms with Crippen LogP contribution in [0.5, 0.6) is 0 Å². The molecule has 3 rings (SSSR count). The molecule has 0 unspecified atom stereocenters. The minimum atomic E-state index is -0.297. The zero-order valence-electron chi connectivity index (χ0n) is 11.0. The molecule has 0 fully saturated rings. The van der Waals surface area contributed by atoms with Gasteiger partial charge in [-0.3, -0.25) is 4.79 Å². The molecule has 20 heavy (non-hydrogen) atoms. The van der Waals surface area contributed by atoms with Crippen molar-refractivity contribution in [3.05, 3.63) is 58.1 Å². The van der Waals surface area contributed by atoms with E-state index < -0.39 is 0 Å². The highest BCUT2D eigenvalue weighted by molar-refractivity contribution is 6.31. The van der Waals surface area contributed by atoms with Gasteiger partial charge in [0.2, 0.25) is 0 Å². The maximum atomic E-state index is 13.3. The first-order valence-electron chi connectivity index (χ1n) is 6.79. The van der Waals surface area contributed by atoms with E-state index in [1.165, 1.54) is 12.1 Å². The van der Waals surface area contributed by atoms with Gasteiger partial charge in [-0.15, -0.1) is 0 Å². The molecule has 1 aliphatic rings. The summed E-state index contributed by atoms with van der Waals surface area (Å²) >= 11 is 6.08. The van der Waals surface area contributed by atoms with Crippen molar-refractivity contribution in [2.75, 3.05) is 0 Å². The van der Waals surface area contributed by atoms with E-state index >= 15 is 0 Å². The van der Waals surface area contributed by atoms with Crippen LogP contribution >= 0.6 is 11.6 Å². The Kier molecular flexibility index (Phi) is 3.62. The first-order chi connectivity index (χ1) is 9.63. The zero-order chi connectivity index (χ0) is 14.1. The molecule has 0 aliphatic heterocycles. The Bertz CT molecular complexity index is 662. The van der Waals surface area contributed by atoms with Crippen LogP contribution < -0.4 is 0 Å². The summed E-state index contributed by atoms with van der Waals surface area (Å²) in [5.41, 5.74) is 2.64. The largest absolute Gasteiger partial charge is 0.349 e. The van der Waals surface area contributed by atoms with Gasteiger partial charge in [0.1, 0.15) is 5.82 Å². The third kappa shape index (κ3) is 2.63. The van der Waals surface area contributed by atoms with Gasteiger partial charge >= 0.3 is 0 Å². The van der Waals surface area contributed by atoms with Crippen molar-refractivity contribution in [1.29, 1.82) is 0 Å². The highest BCUT2D eigenvalue weighted by Crippen LogP contribution is 2.24. The Hall–Kier alpha value is -1.61. The van der Waals surface area contributed by atoms with Crippen molar-refractivity contribution < 1.29 is 9.18 Å². The van der Waals surface area contributed by atoms with Gasteiger partial charge in [0.15, 0.2) is 5.78 Å². The van der Waals surface area contributed by atoms with Crippen LogP contribution in [0, 0.1) is 5.82 Å². The minimum absolute atomic E-state index is 0.210. The lowest BCUT2D eigenvalue weighted by molar-refractivity contribution is 0.0982. The average Bonchev–Trinajstić information content (AvgIpc) is 2.74. The molecule has 1 aromatic heterocycles. The molecule has 0 saturated carbocycles. The number of carbonyl (C=O) groups excluding carboxylic acids is 1. The maximum Gasteiger partial charge on any atom is 0.164 e. The molecule has 0 atom stereocenters. The van der Waals surface area contributed by atoms with Crippen molar-refractivity contribution in [2.24, 2.45) is 0 Å². The number of fused-ring (bicyclic) bond motifs is 1. The zero-order valence-corrected chi connectivity index (χ0v) is 11.8. The third-order valence-corrected chi connectivity index (χ3v) is 4.09. The van der Waals surface area contributed by atoms with Gasteiger partial charge in [0.25, 0.3) is 0 Å². The summed E-state index contributed by atoms with van der Waals surface area (Å²) in [4.78, 5) is 12.0. The van der Waals surface area contributed by atoms with Crippen molar-refractivity contribution >= 4 is 17.4 Å². The number of nitrogens with zero attached hydrogens (tertiary/aromatic N) is 1. The lowest BCUT2D eigenvalue weighted by Crippen LogP contribution is -2.00. The van der Waals surface area contributed by atoms with Crippen LogP contribution in [0.3, 0.4) is 0 Å². The van der Waals surface area contributed by atoms with Crippen molar-refractivity contribution in [3.63, 3.8) is 0 Å². The number of rotatable bonds is 2. The molecule has 1 aliphatic carbocycles. The molecule has 0 N–H and O–H groups in total. The van der Waals surface area contributed by atoms with E-state index in [2.05, 4.69) is 0 Å². The number of halogens is 2. The topological polar surface area (TPSA) is 22.0 Å². The molecule has 104 valence electrons. The lowest BCUT2D eigenvalue weighted by atomic mass is 10.1. The fourth-order valence-electron chi connectivity index (χ4n) is 2.69. The Morgan fingerprint density at radius 2 is 2.00 bits per heavy atom. The highest BCUT2D eigenvalue weighted by Gasteiger charge is 2.17. The van der Waals surface area contributed by atoms with E-state index in [1.807, 2.05) is 17.0 Å². The smallest absolute Gasteiger partial charge is 0.164 e. The third-order valence-electron chi connectivity index (χ3n) is 3.72. The molecule has 0 spiro atoms. The van der Waals surface area contributed by atoms with Crippen LogP contribution in [0.2, 0.25) is 5.02 Å². The first kappa shape index (κ1) is 13.4. The van der Waals surface area contributed by atoms with E-state index in [9.17, 15) is 9.18 Å². The summed E-state index contributed by atoms with van der Waals surface area (Å²) in [6.07, 6.45) is 7.42. The SMILES string of the molecule is O=C1CCCCc2cn(Cc3cc(F)ccc3Cl)cc21. The van der Waals surface area contributed by atoms with Gasteiger partial charge in [-0.2, -0.15) is 0 Å². The molecule has 1 heterocycles. The van der Waals surface area contributed by atoms with Crippen LogP contribution in [0.4, 0.5) is 4.39 Å². The van der Waals surface area contributed by atoms with Gasteiger partial charge in [-0.05, 0) is 48.6 Å². The molecule has 2 nitrogen and oxygen atoms in total. The molecule has 0 radical (unpaired) electrons. The molecular formula is C16H15ClFNO. The van der Waals surface area contributed by atoms with Crippen LogP contribution in [0.15, 0.2) is 30.6 Å². The van der Waals surface area contributed by atoms with E-state index in [0.717, 1.165) is 36.0 Å². The van der Waals surface area contributed by atoms with E-state index in [0.29, 0.717) is 18.0 Å². The Morgan fingerprint density at radius 3 is 2.85 bits per heavy atom. The van der Waals surface area contributed by atoms with Gasteiger partial charge < -0.3 is 4.57 Å². The standard InChI is InChI=1S/C16H15ClFNO/c17-15-6-5-13(18)7-12(15)9-19-8-11-3-1-2-4-16(20)14(11)10-19/h5-8,10H,1-4,9H2. The van der Waals surface area contributed by atoms with Gasteiger partial charge in [-0.1, -0.05) is 11.6 Å². The molecule has 0 amide bonds. The van der Waals surface area contributed by atoms with E-state index in [-0.39, 0.29) is 11.6 Å². The van der Waals surface area contributed by atoms with E-state index in [4.69, 9.17) is 11.6 Å². The number of aryl methyl sites for hydroxylation is 1. The number of hydrogen-bond acceptors (Lipinski definition) is 1. The molecule has 2 aromatic rings. The van der Waals surface area contributed by atoms with Crippen LogP contribution in [0.1, 0.15) is 40.7 Å². The summed E-state index contributed by atoms with van der Waals surface area (Å²) in [5, 5.41) is 0.543. The summed E-state index contributed by atoms with van der Waals surface area (Å²) in [6.45, 7) is 0.483. The van der Waals surface area contributed by atoms with E-state index in [1.54, 1.807) is 6.07 Å². The predicted octanol–water partition coefficient (Wildman–Crippen LogP) is 4.24. The molecule has 0 bridgehead atoms. The Balaban J connectivity index is 1.90. The average molecular weight is 292 g/mol.